The summed E-state index contributed by atoms with van der Waals surface area (Å²) in [5.74, 6) is 0.277. The molecule has 1 nitrogen and oxygen atoms in total. The van der Waals surface area contributed by atoms with Crippen molar-refractivity contribution in [3.8, 4) is 0 Å². The zero-order valence-corrected chi connectivity index (χ0v) is 10.9. The van der Waals surface area contributed by atoms with Gasteiger partial charge in [-0.05, 0) is 47.6 Å². The van der Waals surface area contributed by atoms with Gasteiger partial charge in [-0.25, -0.2) is 0 Å². The summed E-state index contributed by atoms with van der Waals surface area (Å²) in [6, 6.07) is 3.75. The summed E-state index contributed by atoms with van der Waals surface area (Å²) in [5, 5.41) is 0.123. The van der Waals surface area contributed by atoms with Gasteiger partial charge in [-0.1, -0.05) is 25.4 Å². The van der Waals surface area contributed by atoms with Gasteiger partial charge >= 0.3 is 6.18 Å². The summed E-state index contributed by atoms with van der Waals surface area (Å²) in [6.45, 7) is 4.51. The Morgan fingerprint density at radius 1 is 1.28 bits per heavy atom. The molecule has 0 spiro atoms. The summed E-state index contributed by atoms with van der Waals surface area (Å²) < 4.78 is 38.2. The standard InChI is InChI=1S/C13H15ClF3N/c1-12(2)10(6-18)11(12)7-3-8(13(15,16)17)5-9(14)4-7/h3-5,10-11H,6,18H2,1-2H3/t10-,11-/m0/s1. The summed E-state index contributed by atoms with van der Waals surface area (Å²) in [6.07, 6.45) is -4.36. The molecule has 1 aromatic carbocycles. The van der Waals surface area contributed by atoms with Crippen LogP contribution in [0.2, 0.25) is 5.02 Å². The summed E-state index contributed by atoms with van der Waals surface area (Å²) in [7, 11) is 0. The lowest BCUT2D eigenvalue weighted by Gasteiger charge is -2.10. The van der Waals surface area contributed by atoms with Crippen molar-refractivity contribution >= 4 is 11.6 Å². The number of hydrogen-bond acceptors (Lipinski definition) is 1. The SMILES string of the molecule is CC1(C)[C@@H](CN)[C@@H]1c1cc(Cl)cc(C(F)(F)F)c1. The molecule has 18 heavy (non-hydrogen) atoms. The molecule has 0 bridgehead atoms. The Labute approximate surface area is 109 Å². The predicted octanol–water partition coefficient (Wildman–Crippen LogP) is 4.06. The first-order chi connectivity index (χ1) is 8.17. The monoisotopic (exact) mass is 277 g/mol. The maximum atomic E-state index is 12.7. The number of alkyl halides is 3. The Hall–Kier alpha value is -0.740. The Morgan fingerprint density at radius 3 is 2.33 bits per heavy atom. The topological polar surface area (TPSA) is 26.0 Å². The average Bonchev–Trinajstić information content (AvgIpc) is 2.78. The molecule has 2 rings (SSSR count). The van der Waals surface area contributed by atoms with E-state index in [1.54, 1.807) is 6.07 Å². The van der Waals surface area contributed by atoms with Crippen LogP contribution in [0.3, 0.4) is 0 Å². The maximum absolute atomic E-state index is 12.7. The van der Waals surface area contributed by atoms with E-state index in [1.165, 1.54) is 6.07 Å². The fourth-order valence-electron chi connectivity index (χ4n) is 2.80. The van der Waals surface area contributed by atoms with Crippen LogP contribution in [-0.4, -0.2) is 6.54 Å². The smallest absolute Gasteiger partial charge is 0.330 e. The van der Waals surface area contributed by atoms with Crippen LogP contribution >= 0.6 is 11.6 Å². The largest absolute Gasteiger partial charge is 0.416 e. The highest BCUT2D eigenvalue weighted by Gasteiger charge is 2.57. The third-order valence-electron chi connectivity index (χ3n) is 3.91. The van der Waals surface area contributed by atoms with Gasteiger partial charge in [0.2, 0.25) is 0 Å². The minimum atomic E-state index is -4.36. The molecule has 1 saturated carbocycles. The third kappa shape index (κ3) is 2.24. The predicted molar refractivity (Wildman–Crippen MR) is 65.5 cm³/mol. The molecule has 0 radical (unpaired) electrons. The minimum Gasteiger partial charge on any atom is -0.330 e. The maximum Gasteiger partial charge on any atom is 0.416 e. The van der Waals surface area contributed by atoms with Crippen molar-refractivity contribution in [2.45, 2.75) is 25.9 Å². The van der Waals surface area contributed by atoms with Gasteiger partial charge in [0, 0.05) is 5.02 Å². The summed E-state index contributed by atoms with van der Waals surface area (Å²) >= 11 is 5.78. The van der Waals surface area contributed by atoms with Crippen molar-refractivity contribution in [3.63, 3.8) is 0 Å². The van der Waals surface area contributed by atoms with Gasteiger partial charge in [0.15, 0.2) is 0 Å². The molecule has 1 fully saturated rings. The second-order valence-corrected chi connectivity index (χ2v) is 5.85. The Kier molecular flexibility index (Phi) is 3.14. The van der Waals surface area contributed by atoms with Gasteiger partial charge < -0.3 is 5.73 Å². The first-order valence-corrected chi connectivity index (χ1v) is 6.13. The van der Waals surface area contributed by atoms with E-state index in [9.17, 15) is 13.2 Å². The molecule has 100 valence electrons. The van der Waals surface area contributed by atoms with E-state index >= 15 is 0 Å². The van der Waals surface area contributed by atoms with Crippen LogP contribution < -0.4 is 5.73 Å². The Morgan fingerprint density at radius 2 is 1.89 bits per heavy atom. The van der Waals surface area contributed by atoms with Crippen molar-refractivity contribution in [2.75, 3.05) is 6.54 Å². The third-order valence-corrected chi connectivity index (χ3v) is 4.13. The van der Waals surface area contributed by atoms with Crippen LogP contribution in [0.15, 0.2) is 18.2 Å². The van der Waals surface area contributed by atoms with E-state index in [1.807, 2.05) is 13.8 Å². The highest BCUT2D eigenvalue weighted by atomic mass is 35.5. The molecule has 0 unspecified atom stereocenters. The van der Waals surface area contributed by atoms with Crippen LogP contribution in [0, 0.1) is 11.3 Å². The van der Waals surface area contributed by atoms with Crippen molar-refractivity contribution < 1.29 is 13.2 Å². The molecule has 1 aromatic rings. The van der Waals surface area contributed by atoms with Crippen LogP contribution in [-0.2, 0) is 6.18 Å². The van der Waals surface area contributed by atoms with Crippen molar-refractivity contribution in [2.24, 2.45) is 17.1 Å². The van der Waals surface area contributed by atoms with E-state index in [4.69, 9.17) is 17.3 Å². The lowest BCUT2D eigenvalue weighted by atomic mass is 10.0. The second-order valence-electron chi connectivity index (χ2n) is 5.41. The molecule has 0 amide bonds. The molecule has 0 aromatic heterocycles. The van der Waals surface area contributed by atoms with Crippen molar-refractivity contribution in [3.05, 3.63) is 34.3 Å². The quantitative estimate of drug-likeness (QED) is 0.867. The Bertz CT molecular complexity index is 468. The number of hydrogen-bond donors (Lipinski definition) is 1. The van der Waals surface area contributed by atoms with Gasteiger partial charge in [0.25, 0.3) is 0 Å². The number of benzene rings is 1. The molecule has 0 saturated heterocycles. The second kappa shape index (κ2) is 4.14. The van der Waals surface area contributed by atoms with Gasteiger partial charge in [-0.15, -0.1) is 0 Å². The Balaban J connectivity index is 2.39. The molecule has 1 aliphatic carbocycles. The molecule has 2 atom stereocenters. The average molecular weight is 278 g/mol. The fraction of sp³-hybridized carbons (Fsp3) is 0.538. The molecule has 2 N–H and O–H groups in total. The molecule has 0 aliphatic heterocycles. The number of rotatable bonds is 2. The van der Waals surface area contributed by atoms with Crippen molar-refractivity contribution in [1.29, 1.82) is 0 Å². The van der Waals surface area contributed by atoms with Crippen LogP contribution in [0.4, 0.5) is 13.2 Å². The van der Waals surface area contributed by atoms with E-state index in [2.05, 4.69) is 0 Å². The number of halogens is 4. The van der Waals surface area contributed by atoms with E-state index in [0.29, 0.717) is 12.1 Å². The van der Waals surface area contributed by atoms with Gasteiger partial charge in [-0.2, -0.15) is 13.2 Å². The number of nitrogens with two attached hydrogens (primary N) is 1. The van der Waals surface area contributed by atoms with E-state index in [0.717, 1.165) is 6.07 Å². The highest BCUT2D eigenvalue weighted by Crippen LogP contribution is 2.64. The zero-order chi connectivity index (χ0) is 13.7. The van der Waals surface area contributed by atoms with Crippen LogP contribution in [0.5, 0.6) is 0 Å². The molecular formula is C13H15ClF3N. The fourth-order valence-corrected chi connectivity index (χ4v) is 3.04. The lowest BCUT2D eigenvalue weighted by Crippen LogP contribution is -2.06. The zero-order valence-electron chi connectivity index (χ0n) is 10.2. The lowest BCUT2D eigenvalue weighted by molar-refractivity contribution is -0.137. The first kappa shape index (κ1) is 13.7. The minimum absolute atomic E-state index is 0.0533. The molecular weight excluding hydrogens is 263 g/mol. The molecule has 0 heterocycles. The summed E-state index contributed by atoms with van der Waals surface area (Å²) in [4.78, 5) is 0. The van der Waals surface area contributed by atoms with Crippen LogP contribution in [0.25, 0.3) is 0 Å². The normalized spacial score (nSPS) is 26.2. The van der Waals surface area contributed by atoms with Gasteiger partial charge in [0.05, 0.1) is 5.56 Å². The highest BCUT2D eigenvalue weighted by molar-refractivity contribution is 6.30. The van der Waals surface area contributed by atoms with Crippen LogP contribution in [0.1, 0.15) is 30.9 Å². The van der Waals surface area contributed by atoms with E-state index in [-0.39, 0.29) is 22.3 Å². The first-order valence-electron chi connectivity index (χ1n) is 5.75. The van der Waals surface area contributed by atoms with Gasteiger partial charge in [-0.3, -0.25) is 0 Å². The van der Waals surface area contributed by atoms with Gasteiger partial charge in [0.1, 0.15) is 0 Å². The molecule has 1 aliphatic rings. The molecule has 5 heteroatoms. The van der Waals surface area contributed by atoms with Crippen molar-refractivity contribution in [1.82, 2.24) is 0 Å². The van der Waals surface area contributed by atoms with E-state index < -0.39 is 11.7 Å². The summed E-state index contributed by atoms with van der Waals surface area (Å²) in [5.41, 5.74) is 5.53.